The smallest absolute Gasteiger partial charge is 0.328 e. The Labute approximate surface area is 180 Å². The van der Waals surface area contributed by atoms with Crippen LogP contribution in [0, 0.1) is 11.8 Å². The molecule has 0 aromatic carbocycles. The summed E-state index contributed by atoms with van der Waals surface area (Å²) >= 11 is 0. The molecule has 0 aromatic heterocycles. The maximum atomic E-state index is 12.7. The number of carbonyl (C=O) groups excluding carboxylic acids is 3. The first-order valence-electron chi connectivity index (χ1n) is 10.0. The molecule has 0 saturated carbocycles. The zero-order valence-corrected chi connectivity index (χ0v) is 18.4. The number of rotatable bonds is 13. The van der Waals surface area contributed by atoms with Gasteiger partial charge in [-0.1, -0.05) is 34.1 Å². The summed E-state index contributed by atoms with van der Waals surface area (Å²) in [6, 6.07) is -5.31. The first kappa shape index (κ1) is 28.3. The van der Waals surface area contributed by atoms with Gasteiger partial charge in [0.2, 0.25) is 17.7 Å². The van der Waals surface area contributed by atoms with Crippen LogP contribution < -0.4 is 21.7 Å². The normalized spacial score (nSPS) is 16.9. The van der Waals surface area contributed by atoms with E-state index in [1.165, 1.54) is 6.92 Å². The number of nitrogens with two attached hydrogens (primary N) is 1. The molecule has 0 aliphatic carbocycles. The van der Waals surface area contributed by atoms with E-state index in [0.29, 0.717) is 6.42 Å². The molecule has 178 valence electrons. The third-order valence-corrected chi connectivity index (χ3v) is 4.86. The SMILES string of the molecule is CCC(C)C(N)C(=O)NC(CC(=O)O)C(=O)NC(C(=O)NC(C(=O)O)C(C)O)C(C)C. The predicted octanol–water partition coefficient (Wildman–Crippen LogP) is -1.59. The molecule has 8 N–H and O–H groups in total. The molecule has 0 aliphatic rings. The standard InChI is InChI=1S/C19H34N4O8/c1-6-9(4)13(20)17(28)21-11(7-12(25)26)16(27)22-14(8(2)3)18(29)23-15(10(5)24)19(30)31/h8-11,13-15,24H,6-7,20H2,1-5H3,(H,21,28)(H,22,27)(H,23,29)(H,25,26)(H,30,31). The van der Waals surface area contributed by atoms with E-state index in [4.69, 9.17) is 15.9 Å². The first-order chi connectivity index (χ1) is 14.2. The van der Waals surface area contributed by atoms with Crippen LogP contribution >= 0.6 is 0 Å². The van der Waals surface area contributed by atoms with Crippen molar-refractivity contribution < 1.29 is 39.3 Å². The second-order valence-corrected chi connectivity index (χ2v) is 7.87. The van der Waals surface area contributed by atoms with Gasteiger partial charge in [-0.25, -0.2) is 4.79 Å². The second kappa shape index (κ2) is 12.8. The van der Waals surface area contributed by atoms with Gasteiger partial charge in [0.25, 0.3) is 0 Å². The van der Waals surface area contributed by atoms with Crippen LogP contribution in [-0.2, 0) is 24.0 Å². The Bertz CT molecular complexity index is 667. The molecule has 0 saturated heterocycles. The maximum absolute atomic E-state index is 12.7. The van der Waals surface area contributed by atoms with Crippen molar-refractivity contribution in [1.82, 2.24) is 16.0 Å². The zero-order valence-electron chi connectivity index (χ0n) is 18.4. The summed E-state index contributed by atoms with van der Waals surface area (Å²) in [5.74, 6) is -6.08. The highest BCUT2D eigenvalue weighted by molar-refractivity contribution is 5.95. The Morgan fingerprint density at radius 3 is 1.74 bits per heavy atom. The fraction of sp³-hybridized carbons (Fsp3) is 0.737. The third-order valence-electron chi connectivity index (χ3n) is 4.86. The molecule has 0 heterocycles. The van der Waals surface area contributed by atoms with E-state index in [1.807, 2.05) is 6.92 Å². The Kier molecular flexibility index (Phi) is 11.7. The van der Waals surface area contributed by atoms with Crippen molar-refractivity contribution >= 4 is 29.7 Å². The van der Waals surface area contributed by atoms with Crippen molar-refractivity contribution in [2.45, 2.75) is 77.7 Å². The summed E-state index contributed by atoms with van der Waals surface area (Å²) in [7, 11) is 0. The van der Waals surface area contributed by atoms with Crippen molar-refractivity contribution in [3.63, 3.8) is 0 Å². The summed E-state index contributed by atoms with van der Waals surface area (Å²) < 4.78 is 0. The van der Waals surface area contributed by atoms with Crippen molar-refractivity contribution in [2.24, 2.45) is 17.6 Å². The van der Waals surface area contributed by atoms with E-state index < -0.39 is 72.3 Å². The number of hydrogen-bond acceptors (Lipinski definition) is 7. The van der Waals surface area contributed by atoms with E-state index in [2.05, 4.69) is 16.0 Å². The highest BCUT2D eigenvalue weighted by atomic mass is 16.4. The molecule has 0 rings (SSSR count). The van der Waals surface area contributed by atoms with Gasteiger partial charge in [-0.05, 0) is 18.8 Å². The third kappa shape index (κ3) is 9.30. The quantitative estimate of drug-likeness (QED) is 0.174. The minimum absolute atomic E-state index is 0.212. The van der Waals surface area contributed by atoms with Gasteiger partial charge in [0.05, 0.1) is 18.6 Å². The fourth-order valence-corrected chi connectivity index (χ4v) is 2.58. The lowest BCUT2D eigenvalue weighted by atomic mass is 9.98. The predicted molar refractivity (Wildman–Crippen MR) is 110 cm³/mol. The minimum atomic E-state index is -1.60. The summed E-state index contributed by atoms with van der Waals surface area (Å²) in [6.07, 6.45) is -1.55. The Balaban J connectivity index is 5.48. The molecule has 0 radical (unpaired) electrons. The van der Waals surface area contributed by atoms with Gasteiger partial charge in [-0.2, -0.15) is 0 Å². The lowest BCUT2D eigenvalue weighted by Crippen LogP contribution is -2.60. The van der Waals surface area contributed by atoms with Crippen LogP contribution in [0.15, 0.2) is 0 Å². The molecule has 12 nitrogen and oxygen atoms in total. The van der Waals surface area contributed by atoms with Gasteiger partial charge >= 0.3 is 11.9 Å². The molecule has 0 fully saturated rings. The highest BCUT2D eigenvalue weighted by Crippen LogP contribution is 2.08. The Morgan fingerprint density at radius 2 is 1.35 bits per heavy atom. The van der Waals surface area contributed by atoms with Crippen LogP contribution in [0.1, 0.15) is 47.5 Å². The topological polar surface area (TPSA) is 208 Å². The number of carboxylic acid groups (broad SMARTS) is 2. The molecular formula is C19H34N4O8. The molecule has 6 unspecified atom stereocenters. The van der Waals surface area contributed by atoms with Crippen LogP contribution in [-0.4, -0.2) is 75.3 Å². The molecule has 0 aromatic rings. The second-order valence-electron chi connectivity index (χ2n) is 7.87. The highest BCUT2D eigenvalue weighted by Gasteiger charge is 2.34. The molecule has 31 heavy (non-hydrogen) atoms. The number of carboxylic acids is 2. The van der Waals surface area contributed by atoms with Gasteiger partial charge < -0.3 is 37.0 Å². The lowest BCUT2D eigenvalue weighted by Gasteiger charge is -2.27. The van der Waals surface area contributed by atoms with Gasteiger partial charge in [0, 0.05) is 0 Å². The monoisotopic (exact) mass is 446 g/mol. The molecule has 0 spiro atoms. The van der Waals surface area contributed by atoms with Crippen LogP contribution in [0.5, 0.6) is 0 Å². The number of aliphatic hydroxyl groups is 1. The van der Waals surface area contributed by atoms with Crippen molar-refractivity contribution in [3.05, 3.63) is 0 Å². The Morgan fingerprint density at radius 1 is 0.839 bits per heavy atom. The average Bonchev–Trinajstić information content (AvgIpc) is 2.66. The summed E-state index contributed by atoms with van der Waals surface area (Å²) in [5.41, 5.74) is 5.83. The van der Waals surface area contributed by atoms with Crippen molar-refractivity contribution in [2.75, 3.05) is 0 Å². The molecule has 3 amide bonds. The number of hydrogen-bond donors (Lipinski definition) is 7. The van der Waals surface area contributed by atoms with E-state index in [-0.39, 0.29) is 5.92 Å². The molecule has 0 aliphatic heterocycles. The van der Waals surface area contributed by atoms with Crippen LogP contribution in [0.4, 0.5) is 0 Å². The van der Waals surface area contributed by atoms with Crippen LogP contribution in [0.2, 0.25) is 0 Å². The van der Waals surface area contributed by atoms with Gasteiger partial charge in [0.1, 0.15) is 12.1 Å². The number of nitrogens with one attached hydrogen (secondary N) is 3. The van der Waals surface area contributed by atoms with E-state index in [1.54, 1.807) is 20.8 Å². The number of amides is 3. The van der Waals surface area contributed by atoms with E-state index in [9.17, 15) is 29.1 Å². The number of carbonyl (C=O) groups is 5. The first-order valence-corrected chi connectivity index (χ1v) is 10.0. The summed E-state index contributed by atoms with van der Waals surface area (Å²) in [6.45, 7) is 7.89. The van der Waals surface area contributed by atoms with Crippen molar-refractivity contribution in [1.29, 1.82) is 0 Å². The lowest BCUT2D eigenvalue weighted by molar-refractivity contribution is -0.146. The van der Waals surface area contributed by atoms with Crippen LogP contribution in [0.3, 0.4) is 0 Å². The molecular weight excluding hydrogens is 412 g/mol. The van der Waals surface area contributed by atoms with E-state index in [0.717, 1.165) is 0 Å². The number of aliphatic hydroxyl groups excluding tert-OH is 1. The van der Waals surface area contributed by atoms with Gasteiger partial charge in [-0.15, -0.1) is 0 Å². The summed E-state index contributed by atoms with van der Waals surface area (Å²) in [5, 5.41) is 34.5. The van der Waals surface area contributed by atoms with Crippen LogP contribution in [0.25, 0.3) is 0 Å². The average molecular weight is 447 g/mol. The van der Waals surface area contributed by atoms with Gasteiger partial charge in [0.15, 0.2) is 6.04 Å². The van der Waals surface area contributed by atoms with Crippen molar-refractivity contribution in [3.8, 4) is 0 Å². The van der Waals surface area contributed by atoms with Gasteiger partial charge in [-0.3, -0.25) is 19.2 Å². The minimum Gasteiger partial charge on any atom is -0.481 e. The zero-order chi connectivity index (χ0) is 24.5. The Hall–Kier alpha value is -2.73. The molecule has 12 heteroatoms. The fourth-order valence-electron chi connectivity index (χ4n) is 2.58. The molecule has 0 bridgehead atoms. The summed E-state index contributed by atoms with van der Waals surface area (Å²) in [4.78, 5) is 59.9. The molecule has 6 atom stereocenters. The largest absolute Gasteiger partial charge is 0.481 e. The maximum Gasteiger partial charge on any atom is 0.328 e. The van der Waals surface area contributed by atoms with E-state index >= 15 is 0 Å². The number of aliphatic carboxylic acids is 2.